The highest BCUT2D eigenvalue weighted by molar-refractivity contribution is 7.89. The first-order chi connectivity index (χ1) is 8.43. The maximum atomic E-state index is 12.4. The van der Waals surface area contributed by atoms with Crippen molar-refractivity contribution in [3.63, 3.8) is 0 Å². The van der Waals surface area contributed by atoms with Gasteiger partial charge in [-0.1, -0.05) is 0 Å². The lowest BCUT2D eigenvalue weighted by Crippen LogP contribution is -2.39. The van der Waals surface area contributed by atoms with Crippen molar-refractivity contribution < 1.29 is 13.2 Å². The van der Waals surface area contributed by atoms with Crippen LogP contribution in [0.15, 0.2) is 16.3 Å². The number of rotatable bonds is 7. The number of ether oxygens (including phenoxy) is 1. The summed E-state index contributed by atoms with van der Waals surface area (Å²) in [6, 6.07) is 1.54. The highest BCUT2D eigenvalue weighted by Gasteiger charge is 2.27. The van der Waals surface area contributed by atoms with Crippen LogP contribution < -0.4 is 5.73 Å². The third-order valence-corrected chi connectivity index (χ3v) is 5.69. The quantitative estimate of drug-likeness (QED) is 0.821. The number of hydrogen-bond acceptors (Lipinski definition) is 5. The van der Waals surface area contributed by atoms with E-state index in [1.165, 1.54) is 15.6 Å². The molecule has 0 saturated heterocycles. The summed E-state index contributed by atoms with van der Waals surface area (Å²) in [6.45, 7) is 4.79. The minimum absolute atomic E-state index is 0.105. The molecule has 0 unspecified atom stereocenters. The van der Waals surface area contributed by atoms with Crippen LogP contribution in [0.1, 0.15) is 18.7 Å². The molecule has 1 heterocycles. The van der Waals surface area contributed by atoms with Crippen LogP contribution in [0.5, 0.6) is 0 Å². The third kappa shape index (κ3) is 3.52. The summed E-state index contributed by atoms with van der Waals surface area (Å²) >= 11 is 1.37. The number of nitrogens with zero attached hydrogens (tertiary/aromatic N) is 1. The standard InChI is InChI=1S/C11H20N2O3S2/c1-9(2)13(4-5-16-3)18(14,15)11-6-10(7-12)17-8-11/h6,8-9H,4-5,7,12H2,1-3H3. The number of nitrogens with two attached hydrogens (primary N) is 1. The zero-order chi connectivity index (χ0) is 13.8. The van der Waals surface area contributed by atoms with Gasteiger partial charge in [-0.15, -0.1) is 11.3 Å². The molecule has 7 heteroatoms. The van der Waals surface area contributed by atoms with Gasteiger partial charge in [-0.3, -0.25) is 0 Å². The predicted octanol–water partition coefficient (Wildman–Crippen LogP) is 1.25. The van der Waals surface area contributed by atoms with Crippen molar-refractivity contribution >= 4 is 21.4 Å². The van der Waals surface area contributed by atoms with E-state index in [9.17, 15) is 8.42 Å². The molecule has 18 heavy (non-hydrogen) atoms. The molecule has 1 rings (SSSR count). The molecule has 0 spiro atoms. The van der Waals surface area contributed by atoms with Gasteiger partial charge < -0.3 is 10.5 Å². The Balaban J connectivity index is 3.00. The second-order valence-corrected chi connectivity index (χ2v) is 7.04. The van der Waals surface area contributed by atoms with Crippen molar-refractivity contribution in [2.75, 3.05) is 20.3 Å². The Bertz CT molecular complexity index is 468. The van der Waals surface area contributed by atoms with Crippen LogP contribution >= 0.6 is 11.3 Å². The van der Waals surface area contributed by atoms with Gasteiger partial charge in [-0.2, -0.15) is 4.31 Å². The summed E-state index contributed by atoms with van der Waals surface area (Å²) in [4.78, 5) is 1.18. The molecule has 0 fully saturated rings. The van der Waals surface area contributed by atoms with Gasteiger partial charge >= 0.3 is 0 Å². The van der Waals surface area contributed by atoms with Crippen molar-refractivity contribution in [2.24, 2.45) is 5.73 Å². The van der Waals surface area contributed by atoms with Gasteiger partial charge in [0, 0.05) is 36.5 Å². The van der Waals surface area contributed by atoms with E-state index < -0.39 is 10.0 Å². The monoisotopic (exact) mass is 292 g/mol. The van der Waals surface area contributed by atoms with Gasteiger partial charge in [0.1, 0.15) is 0 Å². The Morgan fingerprint density at radius 3 is 2.61 bits per heavy atom. The van der Waals surface area contributed by atoms with Crippen LogP contribution in [-0.2, 0) is 21.3 Å². The van der Waals surface area contributed by atoms with E-state index in [-0.39, 0.29) is 6.04 Å². The molecule has 0 aliphatic heterocycles. The second kappa shape index (κ2) is 6.63. The molecule has 5 nitrogen and oxygen atoms in total. The van der Waals surface area contributed by atoms with Gasteiger partial charge in [-0.05, 0) is 19.9 Å². The molecule has 2 N–H and O–H groups in total. The summed E-state index contributed by atoms with van der Waals surface area (Å²) in [6.07, 6.45) is 0. The minimum atomic E-state index is -3.45. The molecule has 104 valence electrons. The summed E-state index contributed by atoms with van der Waals surface area (Å²) in [5.41, 5.74) is 5.50. The van der Waals surface area contributed by atoms with Gasteiger partial charge in [-0.25, -0.2) is 8.42 Å². The molecular formula is C11H20N2O3S2. The number of sulfonamides is 1. The number of methoxy groups -OCH3 is 1. The fourth-order valence-electron chi connectivity index (χ4n) is 1.58. The Morgan fingerprint density at radius 2 is 2.17 bits per heavy atom. The van der Waals surface area contributed by atoms with Crippen LogP contribution in [-0.4, -0.2) is 39.0 Å². The summed E-state index contributed by atoms with van der Waals surface area (Å²) in [7, 11) is -1.90. The lowest BCUT2D eigenvalue weighted by atomic mass is 10.4. The lowest BCUT2D eigenvalue weighted by molar-refractivity contribution is 0.171. The van der Waals surface area contributed by atoms with Crippen molar-refractivity contribution in [3.8, 4) is 0 Å². The Hall–Kier alpha value is -0.470. The topological polar surface area (TPSA) is 72.6 Å². The van der Waals surface area contributed by atoms with Crippen molar-refractivity contribution in [2.45, 2.75) is 31.3 Å². The van der Waals surface area contributed by atoms with E-state index in [0.717, 1.165) is 4.88 Å². The van der Waals surface area contributed by atoms with Gasteiger partial charge in [0.15, 0.2) is 0 Å². The highest BCUT2D eigenvalue weighted by Crippen LogP contribution is 2.23. The SMILES string of the molecule is COCCN(C(C)C)S(=O)(=O)c1csc(CN)c1. The summed E-state index contributed by atoms with van der Waals surface area (Å²) in [5, 5.41) is 1.64. The van der Waals surface area contributed by atoms with E-state index in [1.807, 2.05) is 13.8 Å². The molecule has 0 amide bonds. The van der Waals surface area contributed by atoms with E-state index >= 15 is 0 Å². The van der Waals surface area contributed by atoms with E-state index in [0.29, 0.717) is 24.6 Å². The molecule has 1 aromatic heterocycles. The first-order valence-corrected chi connectivity index (χ1v) is 8.03. The molecule has 0 atom stereocenters. The van der Waals surface area contributed by atoms with Crippen LogP contribution in [0.3, 0.4) is 0 Å². The Kier molecular flexibility index (Phi) is 5.74. The van der Waals surface area contributed by atoms with Crippen molar-refractivity contribution in [1.82, 2.24) is 4.31 Å². The second-order valence-electron chi connectivity index (χ2n) is 4.16. The molecule has 0 saturated carbocycles. The lowest BCUT2D eigenvalue weighted by Gasteiger charge is -2.25. The highest BCUT2D eigenvalue weighted by atomic mass is 32.2. The third-order valence-electron chi connectivity index (χ3n) is 2.53. The maximum Gasteiger partial charge on any atom is 0.244 e. The van der Waals surface area contributed by atoms with Crippen LogP contribution in [0.4, 0.5) is 0 Å². The largest absolute Gasteiger partial charge is 0.383 e. The normalized spacial score (nSPS) is 12.6. The zero-order valence-corrected chi connectivity index (χ0v) is 12.6. The average Bonchev–Trinajstić information content (AvgIpc) is 2.77. The van der Waals surface area contributed by atoms with Crippen molar-refractivity contribution in [1.29, 1.82) is 0 Å². The van der Waals surface area contributed by atoms with Gasteiger partial charge in [0.25, 0.3) is 0 Å². The van der Waals surface area contributed by atoms with Crippen LogP contribution in [0.25, 0.3) is 0 Å². The molecular weight excluding hydrogens is 272 g/mol. The first-order valence-electron chi connectivity index (χ1n) is 5.71. The zero-order valence-electron chi connectivity index (χ0n) is 10.9. The first kappa shape index (κ1) is 15.6. The molecule has 0 aliphatic rings. The molecule has 0 aromatic carbocycles. The fourth-order valence-corrected chi connectivity index (χ4v) is 4.34. The summed E-state index contributed by atoms with van der Waals surface area (Å²) in [5.74, 6) is 0. The maximum absolute atomic E-state index is 12.4. The fraction of sp³-hybridized carbons (Fsp3) is 0.636. The van der Waals surface area contributed by atoms with E-state index in [4.69, 9.17) is 10.5 Å². The molecule has 0 bridgehead atoms. The Labute approximate surface area is 113 Å². The van der Waals surface area contributed by atoms with Gasteiger partial charge in [0.2, 0.25) is 10.0 Å². The minimum Gasteiger partial charge on any atom is -0.383 e. The molecule has 1 aromatic rings. The van der Waals surface area contributed by atoms with E-state index in [2.05, 4.69) is 0 Å². The van der Waals surface area contributed by atoms with Crippen LogP contribution in [0, 0.1) is 0 Å². The number of hydrogen-bond donors (Lipinski definition) is 1. The van der Waals surface area contributed by atoms with Crippen LogP contribution in [0.2, 0.25) is 0 Å². The average molecular weight is 292 g/mol. The predicted molar refractivity (Wildman–Crippen MR) is 73.1 cm³/mol. The molecule has 0 aliphatic carbocycles. The molecule has 0 radical (unpaired) electrons. The van der Waals surface area contributed by atoms with E-state index in [1.54, 1.807) is 18.6 Å². The smallest absolute Gasteiger partial charge is 0.244 e. The Morgan fingerprint density at radius 1 is 1.50 bits per heavy atom. The van der Waals surface area contributed by atoms with Gasteiger partial charge in [0.05, 0.1) is 11.5 Å². The van der Waals surface area contributed by atoms with Crippen molar-refractivity contribution in [3.05, 3.63) is 16.3 Å². The number of thiophene rings is 1. The summed E-state index contributed by atoms with van der Waals surface area (Å²) < 4.78 is 31.3.